The van der Waals surface area contributed by atoms with Crippen LogP contribution in [0.25, 0.3) is 10.4 Å². The van der Waals surface area contributed by atoms with Crippen LogP contribution >= 0.6 is 11.3 Å². The third-order valence-corrected chi connectivity index (χ3v) is 5.25. The summed E-state index contributed by atoms with van der Waals surface area (Å²) in [4.78, 5) is 13.7. The molecule has 2 aromatic carbocycles. The van der Waals surface area contributed by atoms with E-state index in [-0.39, 0.29) is 5.91 Å². The Kier molecular flexibility index (Phi) is 4.73. The fourth-order valence-electron chi connectivity index (χ4n) is 2.66. The van der Waals surface area contributed by atoms with Gasteiger partial charge in [0, 0.05) is 10.4 Å². The van der Waals surface area contributed by atoms with Crippen molar-refractivity contribution in [2.24, 2.45) is 0 Å². The number of benzene rings is 2. The molecule has 4 nitrogen and oxygen atoms in total. The fourth-order valence-corrected chi connectivity index (χ4v) is 3.38. The van der Waals surface area contributed by atoms with Crippen molar-refractivity contribution in [3.8, 4) is 10.4 Å². The van der Waals surface area contributed by atoms with Gasteiger partial charge in [-0.25, -0.2) is 0 Å². The molecular formula is C21H20N2O2S. The Bertz CT molecular complexity index is 900. The Morgan fingerprint density at radius 1 is 1.15 bits per heavy atom. The molecule has 1 aliphatic rings. The van der Waals surface area contributed by atoms with Crippen LogP contribution in [0.2, 0.25) is 0 Å². The minimum Gasteiger partial charge on any atom is -0.397 e. The Morgan fingerprint density at radius 2 is 1.96 bits per heavy atom. The Balaban J connectivity index is 1.46. The SMILES string of the molecule is Nc1ccc(-c2cccs2)cc1NC(=O)c1ccc(COC2CC2)cc1. The lowest BCUT2D eigenvalue weighted by Gasteiger charge is -2.10. The van der Waals surface area contributed by atoms with Crippen molar-refractivity contribution in [3.05, 3.63) is 71.1 Å². The minimum absolute atomic E-state index is 0.172. The number of hydrogen-bond acceptors (Lipinski definition) is 4. The molecule has 0 radical (unpaired) electrons. The Labute approximate surface area is 156 Å². The molecule has 0 bridgehead atoms. The average Bonchev–Trinajstić information content (AvgIpc) is 3.33. The summed E-state index contributed by atoms with van der Waals surface area (Å²) in [5.74, 6) is -0.172. The second-order valence-corrected chi connectivity index (χ2v) is 7.39. The van der Waals surface area contributed by atoms with Crippen LogP contribution in [0.1, 0.15) is 28.8 Å². The molecule has 0 unspecified atom stereocenters. The minimum atomic E-state index is -0.172. The lowest BCUT2D eigenvalue weighted by molar-refractivity contribution is 0.102. The number of thiophene rings is 1. The maximum absolute atomic E-state index is 12.6. The van der Waals surface area contributed by atoms with Gasteiger partial charge in [-0.1, -0.05) is 24.3 Å². The van der Waals surface area contributed by atoms with Crippen LogP contribution in [0.5, 0.6) is 0 Å². The van der Waals surface area contributed by atoms with Gasteiger partial charge in [0.25, 0.3) is 5.91 Å². The lowest BCUT2D eigenvalue weighted by atomic mass is 10.1. The van der Waals surface area contributed by atoms with Crippen LogP contribution in [-0.4, -0.2) is 12.0 Å². The van der Waals surface area contributed by atoms with Crippen molar-refractivity contribution < 1.29 is 9.53 Å². The van der Waals surface area contributed by atoms with Gasteiger partial charge in [0.1, 0.15) is 0 Å². The summed E-state index contributed by atoms with van der Waals surface area (Å²) in [6.07, 6.45) is 2.75. The van der Waals surface area contributed by atoms with E-state index in [2.05, 4.69) is 5.32 Å². The van der Waals surface area contributed by atoms with Gasteiger partial charge in [-0.3, -0.25) is 4.79 Å². The van der Waals surface area contributed by atoms with E-state index in [0.29, 0.717) is 29.6 Å². The van der Waals surface area contributed by atoms with Crippen molar-refractivity contribution in [1.29, 1.82) is 0 Å². The highest BCUT2D eigenvalue weighted by molar-refractivity contribution is 7.13. The van der Waals surface area contributed by atoms with Crippen molar-refractivity contribution in [2.45, 2.75) is 25.6 Å². The molecule has 1 heterocycles. The lowest BCUT2D eigenvalue weighted by Crippen LogP contribution is -2.13. The van der Waals surface area contributed by atoms with E-state index >= 15 is 0 Å². The standard InChI is InChI=1S/C21H20N2O2S/c22-18-10-7-16(20-2-1-11-26-20)12-19(18)23-21(24)15-5-3-14(4-6-15)13-25-17-8-9-17/h1-7,10-12,17H,8-9,13,22H2,(H,23,24). The van der Waals surface area contributed by atoms with E-state index < -0.39 is 0 Å². The van der Waals surface area contributed by atoms with E-state index in [1.54, 1.807) is 11.3 Å². The molecule has 0 saturated heterocycles. The number of rotatable bonds is 6. The van der Waals surface area contributed by atoms with Crippen molar-refractivity contribution in [3.63, 3.8) is 0 Å². The highest BCUT2D eigenvalue weighted by atomic mass is 32.1. The summed E-state index contributed by atoms with van der Waals surface area (Å²) in [5.41, 5.74) is 9.93. The largest absolute Gasteiger partial charge is 0.397 e. The molecule has 3 aromatic rings. The molecule has 5 heteroatoms. The van der Waals surface area contributed by atoms with Crippen LogP contribution in [0.4, 0.5) is 11.4 Å². The number of carbonyl (C=O) groups is 1. The molecule has 1 fully saturated rings. The van der Waals surface area contributed by atoms with Gasteiger partial charge in [-0.05, 0) is 59.7 Å². The van der Waals surface area contributed by atoms with Gasteiger partial charge >= 0.3 is 0 Å². The number of hydrogen-bond donors (Lipinski definition) is 2. The smallest absolute Gasteiger partial charge is 0.255 e. The predicted octanol–water partition coefficient (Wildman–Crippen LogP) is 4.93. The average molecular weight is 364 g/mol. The molecule has 4 rings (SSSR count). The normalized spacial score (nSPS) is 13.5. The quantitative estimate of drug-likeness (QED) is 0.610. The molecule has 0 spiro atoms. The first-order valence-electron chi connectivity index (χ1n) is 8.64. The van der Waals surface area contributed by atoms with Crippen LogP contribution < -0.4 is 11.1 Å². The van der Waals surface area contributed by atoms with Gasteiger partial charge in [0.15, 0.2) is 0 Å². The van der Waals surface area contributed by atoms with Crippen LogP contribution in [0, 0.1) is 0 Å². The molecular weight excluding hydrogens is 344 g/mol. The number of anilines is 2. The fraction of sp³-hybridized carbons (Fsp3) is 0.190. The zero-order chi connectivity index (χ0) is 17.9. The zero-order valence-corrected chi connectivity index (χ0v) is 15.1. The van der Waals surface area contributed by atoms with Crippen LogP contribution in [0.15, 0.2) is 60.0 Å². The summed E-state index contributed by atoms with van der Waals surface area (Å²) in [6.45, 7) is 0.600. The highest BCUT2D eigenvalue weighted by Crippen LogP contribution is 2.30. The zero-order valence-electron chi connectivity index (χ0n) is 14.3. The molecule has 1 aliphatic carbocycles. The molecule has 132 valence electrons. The van der Waals surface area contributed by atoms with E-state index in [4.69, 9.17) is 10.5 Å². The number of ether oxygens (including phenoxy) is 1. The third-order valence-electron chi connectivity index (χ3n) is 4.33. The number of carbonyl (C=O) groups excluding carboxylic acids is 1. The van der Waals surface area contributed by atoms with Gasteiger partial charge in [-0.2, -0.15) is 0 Å². The van der Waals surface area contributed by atoms with E-state index in [0.717, 1.165) is 28.8 Å². The Hall–Kier alpha value is -2.63. The highest BCUT2D eigenvalue weighted by Gasteiger charge is 2.21. The number of nitrogen functional groups attached to an aromatic ring is 1. The third kappa shape index (κ3) is 3.95. The second kappa shape index (κ2) is 7.32. The summed E-state index contributed by atoms with van der Waals surface area (Å²) in [5, 5.41) is 4.94. The number of nitrogens with one attached hydrogen (secondary N) is 1. The topological polar surface area (TPSA) is 64.3 Å². The van der Waals surface area contributed by atoms with Crippen LogP contribution in [0.3, 0.4) is 0 Å². The van der Waals surface area contributed by atoms with E-state index in [1.807, 2.05) is 60.0 Å². The summed E-state index contributed by atoms with van der Waals surface area (Å²) < 4.78 is 5.68. The summed E-state index contributed by atoms with van der Waals surface area (Å²) in [6, 6.07) is 17.3. The van der Waals surface area contributed by atoms with E-state index in [9.17, 15) is 4.79 Å². The van der Waals surface area contributed by atoms with Gasteiger partial charge < -0.3 is 15.8 Å². The van der Waals surface area contributed by atoms with Gasteiger partial charge in [0.2, 0.25) is 0 Å². The predicted molar refractivity (Wildman–Crippen MR) is 106 cm³/mol. The van der Waals surface area contributed by atoms with Crippen LogP contribution in [-0.2, 0) is 11.3 Å². The monoisotopic (exact) mass is 364 g/mol. The van der Waals surface area contributed by atoms with Gasteiger partial charge in [-0.15, -0.1) is 11.3 Å². The molecule has 0 aliphatic heterocycles. The molecule has 1 aromatic heterocycles. The molecule has 1 amide bonds. The first-order valence-corrected chi connectivity index (χ1v) is 9.52. The van der Waals surface area contributed by atoms with Gasteiger partial charge in [0.05, 0.1) is 24.1 Å². The van der Waals surface area contributed by atoms with E-state index in [1.165, 1.54) is 0 Å². The molecule has 0 atom stereocenters. The Morgan fingerprint density at radius 3 is 2.65 bits per heavy atom. The first-order chi connectivity index (χ1) is 12.7. The molecule has 3 N–H and O–H groups in total. The van der Waals surface area contributed by atoms with Crippen molar-refractivity contribution in [2.75, 3.05) is 11.1 Å². The molecule has 1 saturated carbocycles. The maximum Gasteiger partial charge on any atom is 0.255 e. The first kappa shape index (κ1) is 16.8. The number of nitrogens with two attached hydrogens (primary N) is 1. The second-order valence-electron chi connectivity index (χ2n) is 6.44. The number of amides is 1. The summed E-state index contributed by atoms with van der Waals surface area (Å²) >= 11 is 1.65. The maximum atomic E-state index is 12.6. The molecule has 26 heavy (non-hydrogen) atoms. The summed E-state index contributed by atoms with van der Waals surface area (Å²) in [7, 11) is 0. The van der Waals surface area contributed by atoms with Crippen molar-refractivity contribution >= 4 is 28.6 Å². The van der Waals surface area contributed by atoms with Crippen molar-refractivity contribution in [1.82, 2.24) is 0 Å².